The standard InChI is InChI=1S/C13H20O3/c1-5-16-11(15)6-7-13(4)9-12(2,3)8-10(13)14/h6-7H,5,8-9H2,1-4H3. The van der Waals surface area contributed by atoms with E-state index < -0.39 is 5.41 Å². The number of Topliss-reactive ketones (excluding diaryl/α,β-unsaturated/α-hetero) is 1. The highest BCUT2D eigenvalue weighted by atomic mass is 16.5. The fourth-order valence-corrected chi connectivity index (χ4v) is 2.39. The maximum absolute atomic E-state index is 11.9. The van der Waals surface area contributed by atoms with Gasteiger partial charge in [0, 0.05) is 17.9 Å². The molecular weight excluding hydrogens is 204 g/mol. The molecule has 0 bridgehead atoms. The van der Waals surface area contributed by atoms with Gasteiger partial charge in [0.25, 0.3) is 0 Å². The fraction of sp³-hybridized carbons (Fsp3) is 0.692. The Morgan fingerprint density at radius 2 is 2.06 bits per heavy atom. The van der Waals surface area contributed by atoms with Crippen molar-refractivity contribution < 1.29 is 14.3 Å². The van der Waals surface area contributed by atoms with E-state index in [-0.39, 0.29) is 17.2 Å². The molecule has 0 radical (unpaired) electrons. The zero-order chi connectivity index (χ0) is 12.4. The van der Waals surface area contributed by atoms with E-state index >= 15 is 0 Å². The van der Waals surface area contributed by atoms with Gasteiger partial charge < -0.3 is 4.74 Å². The van der Waals surface area contributed by atoms with Gasteiger partial charge in [0.05, 0.1) is 6.61 Å². The van der Waals surface area contributed by atoms with Crippen LogP contribution in [0.5, 0.6) is 0 Å². The van der Waals surface area contributed by atoms with Gasteiger partial charge in [-0.2, -0.15) is 0 Å². The lowest BCUT2D eigenvalue weighted by atomic mass is 9.82. The number of allylic oxidation sites excluding steroid dienone is 1. The quantitative estimate of drug-likeness (QED) is 0.546. The molecule has 1 unspecified atom stereocenters. The molecule has 1 saturated carbocycles. The third-order valence-corrected chi connectivity index (χ3v) is 3.00. The number of ketones is 1. The molecule has 0 aromatic heterocycles. The normalized spacial score (nSPS) is 28.6. The van der Waals surface area contributed by atoms with Crippen molar-refractivity contribution in [2.45, 2.75) is 40.5 Å². The van der Waals surface area contributed by atoms with Crippen LogP contribution >= 0.6 is 0 Å². The third-order valence-electron chi connectivity index (χ3n) is 3.00. The Morgan fingerprint density at radius 1 is 1.44 bits per heavy atom. The van der Waals surface area contributed by atoms with Crippen LogP contribution in [-0.4, -0.2) is 18.4 Å². The van der Waals surface area contributed by atoms with Crippen LogP contribution in [-0.2, 0) is 14.3 Å². The Balaban J connectivity index is 2.73. The largest absolute Gasteiger partial charge is 0.463 e. The summed E-state index contributed by atoms with van der Waals surface area (Å²) < 4.78 is 4.80. The predicted octanol–water partition coefficient (Wildman–Crippen LogP) is 2.50. The SMILES string of the molecule is CCOC(=O)C=CC1(C)CC(C)(C)CC1=O. The first kappa shape index (κ1) is 12.9. The Kier molecular flexibility index (Phi) is 3.56. The van der Waals surface area contributed by atoms with Gasteiger partial charge in [0.2, 0.25) is 0 Å². The average molecular weight is 224 g/mol. The molecule has 0 spiro atoms. The van der Waals surface area contributed by atoms with Gasteiger partial charge in [-0.05, 0) is 25.7 Å². The zero-order valence-electron chi connectivity index (χ0n) is 10.5. The van der Waals surface area contributed by atoms with Crippen LogP contribution in [0.2, 0.25) is 0 Å². The van der Waals surface area contributed by atoms with E-state index in [1.54, 1.807) is 13.0 Å². The van der Waals surface area contributed by atoms with E-state index in [2.05, 4.69) is 13.8 Å². The molecule has 3 heteroatoms. The van der Waals surface area contributed by atoms with E-state index in [9.17, 15) is 9.59 Å². The summed E-state index contributed by atoms with van der Waals surface area (Å²) in [4.78, 5) is 23.1. The summed E-state index contributed by atoms with van der Waals surface area (Å²) in [5, 5.41) is 0. The van der Waals surface area contributed by atoms with E-state index in [1.165, 1.54) is 6.08 Å². The molecule has 0 heterocycles. The molecule has 90 valence electrons. The summed E-state index contributed by atoms with van der Waals surface area (Å²) in [5.41, 5.74) is -0.471. The highest BCUT2D eigenvalue weighted by Gasteiger charge is 2.45. The molecule has 0 aliphatic heterocycles. The average Bonchev–Trinajstić information content (AvgIpc) is 2.33. The van der Waals surface area contributed by atoms with Gasteiger partial charge in [-0.15, -0.1) is 0 Å². The molecule has 0 aromatic rings. The summed E-state index contributed by atoms with van der Waals surface area (Å²) >= 11 is 0. The van der Waals surface area contributed by atoms with Crippen molar-refractivity contribution in [1.29, 1.82) is 0 Å². The van der Waals surface area contributed by atoms with Crippen LogP contribution in [0, 0.1) is 10.8 Å². The minimum Gasteiger partial charge on any atom is -0.463 e. The van der Waals surface area contributed by atoms with Crippen molar-refractivity contribution in [1.82, 2.24) is 0 Å². The molecule has 16 heavy (non-hydrogen) atoms. The maximum Gasteiger partial charge on any atom is 0.330 e. The molecule has 1 aliphatic rings. The second-order valence-electron chi connectivity index (χ2n) is 5.44. The molecule has 1 rings (SSSR count). The van der Waals surface area contributed by atoms with Crippen molar-refractivity contribution in [2.75, 3.05) is 6.61 Å². The van der Waals surface area contributed by atoms with Crippen LogP contribution < -0.4 is 0 Å². The monoisotopic (exact) mass is 224 g/mol. The molecular formula is C13H20O3. The van der Waals surface area contributed by atoms with E-state index in [4.69, 9.17) is 4.74 Å². The highest BCUT2D eigenvalue weighted by molar-refractivity contribution is 5.91. The summed E-state index contributed by atoms with van der Waals surface area (Å²) in [5.74, 6) is -0.167. The van der Waals surface area contributed by atoms with Crippen LogP contribution in [0.3, 0.4) is 0 Å². The Bertz CT molecular complexity index is 328. The molecule has 3 nitrogen and oxygen atoms in total. The van der Waals surface area contributed by atoms with Crippen molar-refractivity contribution in [3.8, 4) is 0 Å². The van der Waals surface area contributed by atoms with Gasteiger partial charge in [-0.3, -0.25) is 4.79 Å². The Hall–Kier alpha value is -1.12. The zero-order valence-corrected chi connectivity index (χ0v) is 10.5. The van der Waals surface area contributed by atoms with Crippen LogP contribution in [0.15, 0.2) is 12.2 Å². The topological polar surface area (TPSA) is 43.4 Å². The number of hydrogen-bond acceptors (Lipinski definition) is 3. The number of carbonyl (C=O) groups is 2. The van der Waals surface area contributed by atoms with E-state index in [0.717, 1.165) is 6.42 Å². The van der Waals surface area contributed by atoms with Gasteiger partial charge in [0.15, 0.2) is 0 Å². The number of hydrogen-bond donors (Lipinski definition) is 0. The van der Waals surface area contributed by atoms with Crippen LogP contribution in [0.4, 0.5) is 0 Å². The Labute approximate surface area is 96.9 Å². The summed E-state index contributed by atoms with van der Waals surface area (Å²) in [6.07, 6.45) is 4.44. The van der Waals surface area contributed by atoms with Gasteiger partial charge in [-0.25, -0.2) is 4.79 Å². The number of esters is 1. The molecule has 0 N–H and O–H groups in total. The molecule has 1 fully saturated rings. The second-order valence-corrected chi connectivity index (χ2v) is 5.44. The lowest BCUT2D eigenvalue weighted by molar-refractivity contribution is -0.137. The third kappa shape index (κ3) is 2.94. The number of ether oxygens (including phenoxy) is 1. The fourth-order valence-electron chi connectivity index (χ4n) is 2.39. The number of rotatable bonds is 3. The van der Waals surface area contributed by atoms with Crippen molar-refractivity contribution in [3.05, 3.63) is 12.2 Å². The molecule has 0 aromatic carbocycles. The summed E-state index contributed by atoms with van der Waals surface area (Å²) in [7, 11) is 0. The summed E-state index contributed by atoms with van der Waals surface area (Å²) in [6, 6.07) is 0. The molecule has 0 amide bonds. The van der Waals surface area contributed by atoms with Crippen molar-refractivity contribution in [2.24, 2.45) is 10.8 Å². The van der Waals surface area contributed by atoms with Crippen molar-refractivity contribution >= 4 is 11.8 Å². The Morgan fingerprint density at radius 3 is 2.50 bits per heavy atom. The molecule has 0 saturated heterocycles. The minimum absolute atomic E-state index is 0.0326. The first-order valence-electron chi connectivity index (χ1n) is 5.68. The lowest BCUT2D eigenvalue weighted by Gasteiger charge is -2.20. The van der Waals surface area contributed by atoms with Gasteiger partial charge in [0.1, 0.15) is 5.78 Å². The highest BCUT2D eigenvalue weighted by Crippen LogP contribution is 2.47. The molecule has 1 aliphatic carbocycles. The van der Waals surface area contributed by atoms with Gasteiger partial charge in [-0.1, -0.05) is 19.9 Å². The van der Waals surface area contributed by atoms with Gasteiger partial charge >= 0.3 is 5.97 Å². The van der Waals surface area contributed by atoms with E-state index in [0.29, 0.717) is 13.0 Å². The van der Waals surface area contributed by atoms with Crippen LogP contribution in [0.1, 0.15) is 40.5 Å². The van der Waals surface area contributed by atoms with E-state index in [1.807, 2.05) is 6.92 Å². The lowest BCUT2D eigenvalue weighted by Crippen LogP contribution is -2.19. The second kappa shape index (κ2) is 4.40. The minimum atomic E-state index is -0.504. The van der Waals surface area contributed by atoms with Crippen molar-refractivity contribution in [3.63, 3.8) is 0 Å². The van der Waals surface area contributed by atoms with Crippen LogP contribution in [0.25, 0.3) is 0 Å². The number of carbonyl (C=O) groups excluding carboxylic acids is 2. The first-order valence-corrected chi connectivity index (χ1v) is 5.68. The summed E-state index contributed by atoms with van der Waals surface area (Å²) in [6.45, 7) is 8.17. The smallest absolute Gasteiger partial charge is 0.330 e. The maximum atomic E-state index is 11.9. The molecule has 1 atom stereocenters. The first-order chi connectivity index (χ1) is 7.29. The predicted molar refractivity (Wildman–Crippen MR) is 61.9 cm³/mol.